The highest BCUT2D eigenvalue weighted by atomic mass is 32.2. The summed E-state index contributed by atoms with van der Waals surface area (Å²) in [6.07, 6.45) is 1.73. The Morgan fingerprint density at radius 3 is 2.23 bits per heavy atom. The number of carbonyl (C=O) groups is 4. The highest BCUT2D eigenvalue weighted by Gasteiger charge is 2.40. The van der Waals surface area contributed by atoms with Crippen molar-refractivity contribution in [2.45, 2.75) is 23.5 Å². The van der Waals surface area contributed by atoms with Gasteiger partial charge in [0.15, 0.2) is 0 Å². The Labute approximate surface area is 253 Å². The van der Waals surface area contributed by atoms with Gasteiger partial charge in [0.1, 0.15) is 11.4 Å². The number of thioether (sulfide) groups is 1. The summed E-state index contributed by atoms with van der Waals surface area (Å²) in [5.74, 6) is -0.793. The van der Waals surface area contributed by atoms with Crippen molar-refractivity contribution in [3.8, 4) is 5.75 Å². The van der Waals surface area contributed by atoms with Crippen molar-refractivity contribution < 1.29 is 23.9 Å². The molecule has 2 N–H and O–H groups in total. The van der Waals surface area contributed by atoms with Crippen LogP contribution in [0.3, 0.4) is 0 Å². The maximum absolute atomic E-state index is 13.4. The molecule has 43 heavy (non-hydrogen) atoms. The van der Waals surface area contributed by atoms with Crippen LogP contribution in [-0.2, 0) is 14.4 Å². The van der Waals surface area contributed by atoms with Crippen molar-refractivity contribution in [2.24, 2.45) is 0 Å². The van der Waals surface area contributed by atoms with Crippen molar-refractivity contribution >= 4 is 52.8 Å². The van der Waals surface area contributed by atoms with Gasteiger partial charge in [-0.1, -0.05) is 42.5 Å². The lowest BCUT2D eigenvalue weighted by molar-refractivity contribution is -0.121. The van der Waals surface area contributed by atoms with Gasteiger partial charge >= 0.3 is 0 Å². The Bertz CT molecular complexity index is 1690. The van der Waals surface area contributed by atoms with Gasteiger partial charge in [-0.2, -0.15) is 0 Å². The molecule has 9 heteroatoms. The fourth-order valence-electron chi connectivity index (χ4n) is 4.52. The molecule has 1 fully saturated rings. The van der Waals surface area contributed by atoms with E-state index in [4.69, 9.17) is 4.74 Å². The van der Waals surface area contributed by atoms with E-state index in [0.29, 0.717) is 22.7 Å². The minimum Gasteiger partial charge on any atom is -0.497 e. The second-order valence-corrected chi connectivity index (χ2v) is 11.1. The fourth-order valence-corrected chi connectivity index (χ4v) is 5.58. The van der Waals surface area contributed by atoms with Crippen LogP contribution in [0.2, 0.25) is 0 Å². The van der Waals surface area contributed by atoms with Crippen LogP contribution in [0.4, 0.5) is 11.4 Å². The normalized spacial score (nSPS) is 14.9. The Morgan fingerprint density at radius 2 is 1.56 bits per heavy atom. The van der Waals surface area contributed by atoms with Crippen LogP contribution >= 0.6 is 11.8 Å². The van der Waals surface area contributed by atoms with Crippen LogP contribution in [0.25, 0.3) is 6.08 Å². The average molecular weight is 592 g/mol. The van der Waals surface area contributed by atoms with E-state index in [-0.39, 0.29) is 23.9 Å². The van der Waals surface area contributed by atoms with E-state index in [1.54, 1.807) is 86.0 Å². The molecule has 1 heterocycles. The Hall–Kier alpha value is -5.15. The standard InChI is InChI=1S/C34H29N3O5S/c1-22-8-6-7-11-24(22)20-29(36-32(39)23-9-4-3-5-10-23)33(40)35-25-12-18-28(19-13-25)43-30-21-31(38)37(34(30)41)26-14-16-27(42-2)17-15-26/h3-20,30H,21H2,1-2H3,(H,35,40)(H,36,39)/b29-20-. The summed E-state index contributed by atoms with van der Waals surface area (Å²) < 4.78 is 5.16. The zero-order valence-electron chi connectivity index (χ0n) is 23.6. The van der Waals surface area contributed by atoms with Gasteiger partial charge in [-0.15, -0.1) is 11.8 Å². The Kier molecular flexibility index (Phi) is 9.02. The number of benzene rings is 4. The third kappa shape index (κ3) is 7.02. The minimum atomic E-state index is -0.563. The van der Waals surface area contributed by atoms with Crippen molar-refractivity contribution in [3.63, 3.8) is 0 Å². The van der Waals surface area contributed by atoms with Crippen molar-refractivity contribution in [1.82, 2.24) is 5.32 Å². The van der Waals surface area contributed by atoms with Gasteiger partial charge in [-0.25, -0.2) is 4.90 Å². The third-order valence-corrected chi connectivity index (χ3v) is 8.04. The second-order valence-electron chi connectivity index (χ2n) is 9.79. The number of rotatable bonds is 9. The molecule has 1 saturated heterocycles. The largest absolute Gasteiger partial charge is 0.497 e. The quantitative estimate of drug-likeness (QED) is 0.187. The van der Waals surface area contributed by atoms with E-state index >= 15 is 0 Å². The number of nitrogens with one attached hydrogen (secondary N) is 2. The molecule has 0 radical (unpaired) electrons. The SMILES string of the molecule is COc1ccc(N2C(=O)CC(Sc3ccc(NC(=O)/C(=C/c4ccccc4C)NC(=O)c4ccccc4)cc3)C2=O)cc1. The summed E-state index contributed by atoms with van der Waals surface area (Å²) >= 11 is 1.29. The predicted molar refractivity (Wildman–Crippen MR) is 168 cm³/mol. The van der Waals surface area contributed by atoms with E-state index in [0.717, 1.165) is 16.0 Å². The molecule has 1 aliphatic heterocycles. The van der Waals surface area contributed by atoms with Crippen molar-refractivity contribution in [1.29, 1.82) is 0 Å². The van der Waals surface area contributed by atoms with Gasteiger partial charge in [0.05, 0.1) is 18.0 Å². The highest BCUT2D eigenvalue weighted by Crippen LogP contribution is 2.35. The minimum absolute atomic E-state index is 0.0855. The smallest absolute Gasteiger partial charge is 0.272 e. The number of hydrogen-bond donors (Lipinski definition) is 2. The van der Waals surface area contributed by atoms with E-state index in [1.807, 2.05) is 37.3 Å². The zero-order chi connectivity index (χ0) is 30.3. The van der Waals surface area contributed by atoms with Gasteiger partial charge in [0, 0.05) is 22.6 Å². The summed E-state index contributed by atoms with van der Waals surface area (Å²) in [5.41, 5.74) is 3.28. The summed E-state index contributed by atoms with van der Waals surface area (Å²) in [7, 11) is 1.55. The van der Waals surface area contributed by atoms with E-state index in [9.17, 15) is 19.2 Å². The van der Waals surface area contributed by atoms with Crippen molar-refractivity contribution in [2.75, 3.05) is 17.3 Å². The first-order chi connectivity index (χ1) is 20.8. The molecule has 5 rings (SSSR count). The lowest BCUT2D eigenvalue weighted by Gasteiger charge is -2.15. The van der Waals surface area contributed by atoms with Crippen LogP contribution < -0.4 is 20.3 Å². The average Bonchev–Trinajstić information content (AvgIpc) is 3.30. The van der Waals surface area contributed by atoms with Crippen LogP contribution in [-0.4, -0.2) is 36.0 Å². The molecule has 1 aliphatic rings. The number of aryl methyl sites for hydroxylation is 1. The molecule has 0 spiro atoms. The summed E-state index contributed by atoms with van der Waals surface area (Å²) in [6.45, 7) is 1.93. The molecule has 4 amide bonds. The van der Waals surface area contributed by atoms with Crippen LogP contribution in [0.15, 0.2) is 114 Å². The molecular weight excluding hydrogens is 562 g/mol. The number of methoxy groups -OCH3 is 1. The number of amides is 4. The molecule has 0 bridgehead atoms. The second kappa shape index (κ2) is 13.2. The van der Waals surface area contributed by atoms with Crippen LogP contribution in [0, 0.1) is 6.92 Å². The number of imide groups is 1. The zero-order valence-corrected chi connectivity index (χ0v) is 24.4. The number of anilines is 2. The molecule has 0 saturated carbocycles. The van der Waals surface area contributed by atoms with E-state index < -0.39 is 17.1 Å². The molecule has 0 aliphatic carbocycles. The maximum atomic E-state index is 13.4. The molecule has 8 nitrogen and oxygen atoms in total. The van der Waals surface area contributed by atoms with Crippen LogP contribution in [0.1, 0.15) is 27.9 Å². The Morgan fingerprint density at radius 1 is 0.884 bits per heavy atom. The van der Waals surface area contributed by atoms with E-state index in [2.05, 4.69) is 10.6 Å². The number of carbonyl (C=O) groups excluding carboxylic acids is 4. The molecule has 0 aromatic heterocycles. The molecule has 216 valence electrons. The van der Waals surface area contributed by atoms with Gasteiger partial charge in [-0.3, -0.25) is 19.2 Å². The summed E-state index contributed by atoms with van der Waals surface area (Å²) in [4.78, 5) is 54.0. The fraction of sp³-hybridized carbons (Fsp3) is 0.118. The maximum Gasteiger partial charge on any atom is 0.272 e. The Balaban J connectivity index is 1.27. The predicted octanol–water partition coefficient (Wildman–Crippen LogP) is 5.84. The van der Waals surface area contributed by atoms with Crippen LogP contribution in [0.5, 0.6) is 5.75 Å². The van der Waals surface area contributed by atoms with Gasteiger partial charge in [0.2, 0.25) is 11.8 Å². The highest BCUT2D eigenvalue weighted by molar-refractivity contribution is 8.00. The van der Waals surface area contributed by atoms with Crippen molar-refractivity contribution in [3.05, 3.63) is 126 Å². The van der Waals surface area contributed by atoms with Gasteiger partial charge in [-0.05, 0) is 84.8 Å². The molecule has 1 atom stereocenters. The number of nitrogens with zero attached hydrogens (tertiary/aromatic N) is 1. The first kappa shape index (κ1) is 29.3. The third-order valence-electron chi connectivity index (χ3n) is 6.84. The first-order valence-electron chi connectivity index (χ1n) is 13.5. The monoisotopic (exact) mass is 591 g/mol. The topological polar surface area (TPSA) is 105 Å². The number of hydrogen-bond acceptors (Lipinski definition) is 6. The van der Waals surface area contributed by atoms with Gasteiger partial charge in [0.25, 0.3) is 11.8 Å². The molecule has 4 aromatic rings. The summed E-state index contributed by atoms with van der Waals surface area (Å²) in [5, 5.41) is 5.03. The lowest BCUT2D eigenvalue weighted by atomic mass is 10.1. The van der Waals surface area contributed by atoms with E-state index in [1.165, 1.54) is 16.7 Å². The molecular formula is C34H29N3O5S. The molecule has 1 unspecified atom stereocenters. The first-order valence-corrected chi connectivity index (χ1v) is 14.4. The lowest BCUT2D eigenvalue weighted by Crippen LogP contribution is -2.31. The number of ether oxygens (including phenoxy) is 1. The van der Waals surface area contributed by atoms with Gasteiger partial charge < -0.3 is 15.4 Å². The molecule has 4 aromatic carbocycles. The summed E-state index contributed by atoms with van der Waals surface area (Å²) in [6, 6.07) is 30.0.